The minimum absolute atomic E-state index is 0.215. The second kappa shape index (κ2) is 7.39. The van der Waals surface area contributed by atoms with E-state index < -0.39 is 0 Å². The number of amides is 1. The zero-order valence-corrected chi connectivity index (χ0v) is 17.4. The number of carbonyl (C=O) groups is 1. The number of fused-ring (bicyclic) bond motifs is 1. The molecule has 1 aromatic heterocycles. The molecule has 0 fully saturated rings. The number of hydrogen-bond donors (Lipinski definition) is 1. The van der Waals surface area contributed by atoms with Crippen molar-refractivity contribution in [2.45, 2.75) is 53.5 Å². The molecule has 2 heterocycles. The molecule has 3 rings (SSSR count). The molecule has 138 valence electrons. The maximum atomic E-state index is 13.2. The first-order valence-electron chi connectivity index (χ1n) is 9.22. The third-order valence-corrected chi connectivity index (χ3v) is 6.20. The Morgan fingerprint density at radius 1 is 1.27 bits per heavy atom. The van der Waals surface area contributed by atoms with Crippen LogP contribution in [0.25, 0.3) is 0 Å². The van der Waals surface area contributed by atoms with Gasteiger partial charge in [-0.05, 0) is 59.2 Å². The monoisotopic (exact) mass is 416 g/mol. The van der Waals surface area contributed by atoms with Crippen LogP contribution in [0.5, 0.6) is 0 Å². The molecule has 2 aromatic rings. The van der Waals surface area contributed by atoms with Gasteiger partial charge in [0.25, 0.3) is 5.91 Å². The quantitative estimate of drug-likeness (QED) is 0.797. The van der Waals surface area contributed by atoms with Gasteiger partial charge in [0.1, 0.15) is 5.56 Å². The molecular weight excluding hydrogens is 392 g/mol. The van der Waals surface area contributed by atoms with Gasteiger partial charge in [0.15, 0.2) is 0 Å². The Kier molecular flexibility index (Phi) is 5.37. The number of hydrogen-bond acceptors (Lipinski definition) is 2. The average molecular weight is 417 g/mol. The Morgan fingerprint density at radius 3 is 2.46 bits per heavy atom. The zero-order valence-electron chi connectivity index (χ0n) is 15.8. The van der Waals surface area contributed by atoms with E-state index >= 15 is 0 Å². The van der Waals surface area contributed by atoms with Crippen molar-refractivity contribution in [3.05, 3.63) is 61.0 Å². The number of rotatable bonds is 4. The van der Waals surface area contributed by atoms with E-state index in [2.05, 4.69) is 46.6 Å². The summed E-state index contributed by atoms with van der Waals surface area (Å²) in [5, 5.41) is 3.06. The van der Waals surface area contributed by atoms with Gasteiger partial charge in [0, 0.05) is 23.6 Å². The van der Waals surface area contributed by atoms with E-state index in [1.165, 1.54) is 0 Å². The second-order valence-electron chi connectivity index (χ2n) is 7.08. The van der Waals surface area contributed by atoms with E-state index in [9.17, 15) is 9.59 Å². The molecule has 1 aromatic carbocycles. The predicted molar refractivity (Wildman–Crippen MR) is 109 cm³/mol. The number of carbonyl (C=O) groups excluding carboxylic acids is 1. The topological polar surface area (TPSA) is 51.1 Å². The molecule has 0 saturated carbocycles. The van der Waals surface area contributed by atoms with Gasteiger partial charge in [-0.2, -0.15) is 0 Å². The van der Waals surface area contributed by atoms with Crippen molar-refractivity contribution < 1.29 is 4.79 Å². The lowest BCUT2D eigenvalue weighted by Gasteiger charge is -2.17. The molecule has 1 aliphatic heterocycles. The third kappa shape index (κ3) is 3.13. The van der Waals surface area contributed by atoms with Crippen LogP contribution in [-0.2, 0) is 25.8 Å². The maximum absolute atomic E-state index is 13.2. The number of nitrogens with zero attached hydrogens (tertiary/aromatic N) is 1. The number of para-hydroxylation sites is 1. The highest BCUT2D eigenvalue weighted by atomic mass is 79.9. The highest BCUT2D eigenvalue weighted by Crippen LogP contribution is 2.28. The first-order chi connectivity index (χ1) is 12.4. The zero-order chi connectivity index (χ0) is 19.0. The smallest absolute Gasteiger partial charge is 0.261 e. The standard InChI is InChI=1S/C21H25BrN2O2/c1-5-14-8-7-9-15(6-2)19(14)23-21(26)17-16-10-12(3)11-24(16)13(4)18(22)20(17)25/h7-9,12H,5-6,10-11H2,1-4H3,(H,23,26). The Hall–Kier alpha value is -1.88. The second-order valence-corrected chi connectivity index (χ2v) is 7.88. The molecule has 0 bridgehead atoms. The molecule has 1 atom stereocenters. The summed E-state index contributed by atoms with van der Waals surface area (Å²) in [5.41, 5.74) is 4.85. The Bertz CT molecular complexity index is 908. The minimum Gasteiger partial charge on any atom is -0.346 e. The van der Waals surface area contributed by atoms with Crippen LogP contribution in [-0.4, -0.2) is 10.5 Å². The number of aryl methyl sites for hydroxylation is 2. The minimum atomic E-state index is -0.302. The molecule has 1 amide bonds. The summed E-state index contributed by atoms with van der Waals surface area (Å²) in [7, 11) is 0. The molecule has 1 aliphatic rings. The van der Waals surface area contributed by atoms with E-state index in [0.717, 1.165) is 54.0 Å². The Labute approximate surface area is 162 Å². The number of aromatic nitrogens is 1. The summed E-state index contributed by atoms with van der Waals surface area (Å²) in [5.74, 6) is 0.118. The summed E-state index contributed by atoms with van der Waals surface area (Å²) < 4.78 is 2.59. The van der Waals surface area contributed by atoms with Crippen LogP contribution in [0.3, 0.4) is 0 Å². The normalized spacial score (nSPS) is 15.8. The molecule has 0 saturated heterocycles. The number of benzene rings is 1. The first kappa shape index (κ1) is 18.9. The van der Waals surface area contributed by atoms with Crippen LogP contribution in [0, 0.1) is 12.8 Å². The van der Waals surface area contributed by atoms with Crippen LogP contribution in [0.1, 0.15) is 53.6 Å². The fourth-order valence-corrected chi connectivity index (χ4v) is 4.25. The van der Waals surface area contributed by atoms with Crippen molar-refractivity contribution in [3.63, 3.8) is 0 Å². The van der Waals surface area contributed by atoms with Crippen LogP contribution >= 0.6 is 15.9 Å². The summed E-state index contributed by atoms with van der Waals surface area (Å²) in [6.45, 7) is 9.05. The number of halogens is 1. The van der Waals surface area contributed by atoms with E-state index in [1.807, 2.05) is 25.1 Å². The molecule has 0 radical (unpaired) electrons. The lowest BCUT2D eigenvalue weighted by Crippen LogP contribution is -2.28. The molecular formula is C21H25BrN2O2. The molecule has 4 nitrogen and oxygen atoms in total. The first-order valence-corrected chi connectivity index (χ1v) is 10.0. The number of anilines is 1. The molecule has 26 heavy (non-hydrogen) atoms. The Balaban J connectivity index is 2.10. The van der Waals surface area contributed by atoms with Crippen molar-refractivity contribution in [2.24, 2.45) is 5.92 Å². The van der Waals surface area contributed by atoms with Gasteiger partial charge in [-0.15, -0.1) is 0 Å². The lowest BCUT2D eigenvalue weighted by atomic mass is 10.0. The van der Waals surface area contributed by atoms with Crippen molar-refractivity contribution in [2.75, 3.05) is 5.32 Å². The van der Waals surface area contributed by atoms with Crippen molar-refractivity contribution in [1.82, 2.24) is 4.57 Å². The highest BCUT2D eigenvalue weighted by molar-refractivity contribution is 9.10. The maximum Gasteiger partial charge on any atom is 0.261 e. The van der Waals surface area contributed by atoms with E-state index in [1.54, 1.807) is 0 Å². The van der Waals surface area contributed by atoms with Crippen molar-refractivity contribution >= 4 is 27.5 Å². The summed E-state index contributed by atoms with van der Waals surface area (Å²) >= 11 is 3.40. The molecule has 0 spiro atoms. The van der Waals surface area contributed by atoms with Crippen LogP contribution in [0.15, 0.2) is 27.5 Å². The van der Waals surface area contributed by atoms with E-state index in [-0.39, 0.29) is 16.9 Å². The number of pyridine rings is 1. The van der Waals surface area contributed by atoms with Gasteiger partial charge >= 0.3 is 0 Å². The fourth-order valence-electron chi connectivity index (χ4n) is 3.84. The van der Waals surface area contributed by atoms with Gasteiger partial charge in [0.05, 0.1) is 4.47 Å². The van der Waals surface area contributed by atoms with Crippen molar-refractivity contribution in [3.8, 4) is 0 Å². The van der Waals surface area contributed by atoms with Crippen LogP contribution < -0.4 is 10.7 Å². The van der Waals surface area contributed by atoms with Gasteiger partial charge in [-0.3, -0.25) is 9.59 Å². The van der Waals surface area contributed by atoms with Gasteiger partial charge < -0.3 is 9.88 Å². The average Bonchev–Trinajstić information content (AvgIpc) is 3.01. The molecule has 0 aliphatic carbocycles. The molecule has 1 N–H and O–H groups in total. The molecule has 5 heteroatoms. The SMILES string of the molecule is CCc1cccc(CC)c1NC(=O)c1c2n(c(C)c(Br)c1=O)CC(C)C2. The van der Waals surface area contributed by atoms with Gasteiger partial charge in [-0.25, -0.2) is 0 Å². The van der Waals surface area contributed by atoms with E-state index in [0.29, 0.717) is 10.4 Å². The van der Waals surface area contributed by atoms with Gasteiger partial charge in [0.2, 0.25) is 5.43 Å². The molecule has 1 unspecified atom stereocenters. The lowest BCUT2D eigenvalue weighted by molar-refractivity contribution is 0.102. The number of nitrogens with one attached hydrogen (secondary N) is 1. The predicted octanol–water partition coefficient (Wildman–Crippen LogP) is 4.49. The fraction of sp³-hybridized carbons (Fsp3) is 0.429. The largest absolute Gasteiger partial charge is 0.346 e. The van der Waals surface area contributed by atoms with E-state index in [4.69, 9.17) is 0 Å². The highest BCUT2D eigenvalue weighted by Gasteiger charge is 2.29. The van der Waals surface area contributed by atoms with Gasteiger partial charge in [-0.1, -0.05) is 39.0 Å². The Morgan fingerprint density at radius 2 is 1.88 bits per heavy atom. The summed E-state index contributed by atoms with van der Waals surface area (Å²) in [6, 6.07) is 6.07. The third-order valence-electron chi connectivity index (χ3n) is 5.26. The summed E-state index contributed by atoms with van der Waals surface area (Å²) in [6.07, 6.45) is 2.41. The van der Waals surface area contributed by atoms with Crippen molar-refractivity contribution in [1.29, 1.82) is 0 Å². The summed E-state index contributed by atoms with van der Waals surface area (Å²) in [4.78, 5) is 26.0. The van der Waals surface area contributed by atoms with Crippen LogP contribution in [0.4, 0.5) is 5.69 Å². The van der Waals surface area contributed by atoms with Crippen LogP contribution in [0.2, 0.25) is 0 Å².